The fourth-order valence-electron chi connectivity index (χ4n) is 2.55. The van der Waals surface area contributed by atoms with Crippen LogP contribution in [-0.4, -0.2) is 24.0 Å². The number of primary amides is 1. The average molecular weight is 305 g/mol. The van der Waals surface area contributed by atoms with E-state index < -0.39 is 0 Å². The molecule has 2 heterocycles. The van der Waals surface area contributed by atoms with Crippen LogP contribution >= 0.6 is 11.3 Å². The van der Waals surface area contributed by atoms with Gasteiger partial charge in [0.2, 0.25) is 5.91 Å². The summed E-state index contributed by atoms with van der Waals surface area (Å²) in [7, 11) is 0. The van der Waals surface area contributed by atoms with Crippen molar-refractivity contribution in [3.8, 4) is 11.3 Å². The standard InChI is InChI=1S/C15H16FN3OS/c16-12-5-3-10(4-6-12)13-9-21-15(18-13)19-7-1-2-11(8-19)14(17)20/h3-6,9,11H,1-2,7-8H2,(H2,17,20)/t11-/m1/s1. The molecule has 6 heteroatoms. The Morgan fingerprint density at radius 1 is 1.38 bits per heavy atom. The largest absolute Gasteiger partial charge is 0.369 e. The second-order valence-corrected chi connectivity index (χ2v) is 6.05. The number of aromatic nitrogens is 1. The van der Waals surface area contributed by atoms with Crippen molar-refractivity contribution in [3.05, 3.63) is 35.5 Å². The first-order chi connectivity index (χ1) is 10.1. The van der Waals surface area contributed by atoms with Gasteiger partial charge in [0.05, 0.1) is 11.6 Å². The van der Waals surface area contributed by atoms with Crippen LogP contribution in [0.25, 0.3) is 11.3 Å². The molecule has 21 heavy (non-hydrogen) atoms. The monoisotopic (exact) mass is 305 g/mol. The third-order valence-corrected chi connectivity index (χ3v) is 4.63. The number of nitrogens with zero attached hydrogens (tertiary/aromatic N) is 2. The minimum atomic E-state index is -0.255. The summed E-state index contributed by atoms with van der Waals surface area (Å²) >= 11 is 1.54. The highest BCUT2D eigenvalue weighted by Crippen LogP contribution is 2.30. The van der Waals surface area contributed by atoms with Crippen molar-refractivity contribution in [3.63, 3.8) is 0 Å². The topological polar surface area (TPSA) is 59.2 Å². The first-order valence-corrected chi connectivity index (χ1v) is 7.77. The van der Waals surface area contributed by atoms with Gasteiger partial charge in [-0.25, -0.2) is 9.37 Å². The highest BCUT2D eigenvalue weighted by Gasteiger charge is 2.25. The quantitative estimate of drug-likeness (QED) is 0.948. The molecule has 110 valence electrons. The summed E-state index contributed by atoms with van der Waals surface area (Å²) < 4.78 is 12.9. The first-order valence-electron chi connectivity index (χ1n) is 6.89. The molecule has 2 aromatic rings. The van der Waals surface area contributed by atoms with Crippen LogP contribution in [0.1, 0.15) is 12.8 Å². The Hall–Kier alpha value is -1.95. The molecule has 1 aliphatic rings. The van der Waals surface area contributed by atoms with Crippen LogP contribution in [0, 0.1) is 11.7 Å². The molecule has 0 spiro atoms. The van der Waals surface area contributed by atoms with Crippen molar-refractivity contribution in [2.24, 2.45) is 11.7 Å². The molecule has 1 saturated heterocycles. The maximum absolute atomic E-state index is 12.9. The molecule has 1 amide bonds. The Bertz CT molecular complexity index is 641. The van der Waals surface area contributed by atoms with Gasteiger partial charge in [-0.1, -0.05) is 0 Å². The molecule has 1 fully saturated rings. The summed E-state index contributed by atoms with van der Waals surface area (Å²) in [4.78, 5) is 18.0. The molecule has 0 radical (unpaired) electrons. The van der Waals surface area contributed by atoms with Gasteiger partial charge in [0.15, 0.2) is 5.13 Å². The van der Waals surface area contributed by atoms with Crippen LogP contribution in [0.15, 0.2) is 29.6 Å². The number of rotatable bonds is 3. The van der Waals surface area contributed by atoms with Crippen LogP contribution < -0.4 is 10.6 Å². The van der Waals surface area contributed by atoms with E-state index in [9.17, 15) is 9.18 Å². The molecule has 0 bridgehead atoms. The minimum absolute atomic E-state index is 0.100. The van der Waals surface area contributed by atoms with Gasteiger partial charge >= 0.3 is 0 Å². The van der Waals surface area contributed by atoms with Crippen molar-refractivity contribution >= 4 is 22.4 Å². The van der Waals surface area contributed by atoms with E-state index in [1.54, 1.807) is 12.1 Å². The number of anilines is 1. The zero-order valence-electron chi connectivity index (χ0n) is 11.5. The number of hydrogen-bond acceptors (Lipinski definition) is 4. The van der Waals surface area contributed by atoms with Gasteiger partial charge in [-0.15, -0.1) is 11.3 Å². The van der Waals surface area contributed by atoms with Crippen molar-refractivity contribution in [2.75, 3.05) is 18.0 Å². The third kappa shape index (κ3) is 3.05. The van der Waals surface area contributed by atoms with Crippen LogP contribution in [-0.2, 0) is 4.79 Å². The molecule has 0 aliphatic carbocycles. The zero-order chi connectivity index (χ0) is 14.8. The smallest absolute Gasteiger partial charge is 0.222 e. The molecule has 1 atom stereocenters. The maximum atomic E-state index is 12.9. The number of carbonyl (C=O) groups excluding carboxylic acids is 1. The Labute approximate surface area is 126 Å². The van der Waals surface area contributed by atoms with Gasteiger partial charge in [0, 0.05) is 24.0 Å². The highest BCUT2D eigenvalue weighted by molar-refractivity contribution is 7.14. The lowest BCUT2D eigenvalue weighted by Crippen LogP contribution is -2.41. The van der Waals surface area contributed by atoms with E-state index in [1.807, 2.05) is 5.38 Å². The molecule has 3 rings (SSSR count). The van der Waals surface area contributed by atoms with Gasteiger partial charge in [0.25, 0.3) is 0 Å². The van der Waals surface area contributed by atoms with Gasteiger partial charge in [-0.3, -0.25) is 4.79 Å². The number of nitrogens with two attached hydrogens (primary N) is 1. The summed E-state index contributed by atoms with van der Waals surface area (Å²) in [5.41, 5.74) is 7.12. The summed E-state index contributed by atoms with van der Waals surface area (Å²) in [5.74, 6) is -0.596. The zero-order valence-corrected chi connectivity index (χ0v) is 12.3. The van der Waals surface area contributed by atoms with Crippen LogP contribution in [0.2, 0.25) is 0 Å². The second-order valence-electron chi connectivity index (χ2n) is 5.21. The number of halogens is 1. The lowest BCUT2D eigenvalue weighted by atomic mass is 9.98. The third-order valence-electron chi connectivity index (χ3n) is 3.73. The van der Waals surface area contributed by atoms with Gasteiger partial charge in [-0.05, 0) is 37.1 Å². The summed E-state index contributed by atoms with van der Waals surface area (Å²) in [6, 6.07) is 6.30. The normalized spacial score (nSPS) is 18.7. The number of piperidine rings is 1. The van der Waals surface area contributed by atoms with E-state index in [-0.39, 0.29) is 17.6 Å². The fraction of sp³-hybridized carbons (Fsp3) is 0.333. The van der Waals surface area contributed by atoms with E-state index in [2.05, 4.69) is 9.88 Å². The maximum Gasteiger partial charge on any atom is 0.222 e. The first kappa shape index (κ1) is 14.0. The number of thiazole rings is 1. The Balaban J connectivity index is 1.78. The van der Waals surface area contributed by atoms with Gasteiger partial charge in [0.1, 0.15) is 5.82 Å². The van der Waals surface area contributed by atoms with Crippen molar-refractivity contribution in [1.82, 2.24) is 4.98 Å². The van der Waals surface area contributed by atoms with Crippen molar-refractivity contribution in [2.45, 2.75) is 12.8 Å². The summed E-state index contributed by atoms with van der Waals surface area (Å²) in [5, 5.41) is 2.84. The van der Waals surface area contributed by atoms with Crippen molar-refractivity contribution < 1.29 is 9.18 Å². The van der Waals surface area contributed by atoms with Gasteiger partial charge in [-0.2, -0.15) is 0 Å². The molecular weight excluding hydrogens is 289 g/mol. The Morgan fingerprint density at radius 2 is 2.14 bits per heavy atom. The van der Waals surface area contributed by atoms with E-state index in [0.29, 0.717) is 6.54 Å². The number of carbonyl (C=O) groups is 1. The van der Waals surface area contributed by atoms with E-state index in [1.165, 1.54) is 23.5 Å². The molecule has 1 aromatic heterocycles. The van der Waals surface area contributed by atoms with Crippen molar-refractivity contribution in [1.29, 1.82) is 0 Å². The SMILES string of the molecule is NC(=O)[C@@H]1CCCN(c2nc(-c3ccc(F)cc3)cs2)C1. The predicted molar refractivity (Wildman–Crippen MR) is 81.6 cm³/mol. The Kier molecular flexibility index (Phi) is 3.88. The lowest BCUT2D eigenvalue weighted by Gasteiger charge is -2.30. The molecule has 2 N–H and O–H groups in total. The fourth-order valence-corrected chi connectivity index (χ4v) is 3.42. The van der Waals surface area contributed by atoms with Crippen LogP contribution in [0.4, 0.5) is 9.52 Å². The van der Waals surface area contributed by atoms with E-state index >= 15 is 0 Å². The molecule has 0 unspecified atom stereocenters. The molecule has 1 aromatic carbocycles. The molecular formula is C15H16FN3OS. The number of hydrogen-bond donors (Lipinski definition) is 1. The Morgan fingerprint density at radius 3 is 2.86 bits per heavy atom. The lowest BCUT2D eigenvalue weighted by molar-refractivity contribution is -0.122. The number of amides is 1. The van der Waals surface area contributed by atoms with Crippen LogP contribution in [0.3, 0.4) is 0 Å². The highest BCUT2D eigenvalue weighted by atomic mass is 32.1. The summed E-state index contributed by atoms with van der Waals surface area (Å²) in [6.07, 6.45) is 1.79. The molecule has 4 nitrogen and oxygen atoms in total. The van der Waals surface area contributed by atoms with E-state index in [4.69, 9.17) is 5.73 Å². The molecule has 1 aliphatic heterocycles. The number of benzene rings is 1. The minimum Gasteiger partial charge on any atom is -0.369 e. The average Bonchev–Trinajstić information content (AvgIpc) is 2.98. The summed E-state index contributed by atoms with van der Waals surface area (Å²) in [6.45, 7) is 1.52. The predicted octanol–water partition coefficient (Wildman–Crippen LogP) is 2.65. The molecule has 0 saturated carbocycles. The second kappa shape index (κ2) is 5.81. The van der Waals surface area contributed by atoms with Gasteiger partial charge < -0.3 is 10.6 Å². The van der Waals surface area contributed by atoms with Crippen LogP contribution in [0.5, 0.6) is 0 Å². The van der Waals surface area contributed by atoms with E-state index in [0.717, 1.165) is 35.8 Å².